The number of tetrazole rings is 1. The number of aromatic nitrogens is 4. The van der Waals surface area contributed by atoms with Crippen molar-refractivity contribution in [3.05, 3.63) is 59.1 Å². The summed E-state index contributed by atoms with van der Waals surface area (Å²) in [6, 6.07) is 15.0. The number of rotatable bonds is 8. The number of hydrogen-bond acceptors (Lipinski definition) is 5. The lowest BCUT2D eigenvalue weighted by Gasteiger charge is -2.07. The van der Waals surface area contributed by atoms with Gasteiger partial charge in [-0.25, -0.2) is 0 Å². The lowest BCUT2D eigenvalue weighted by Crippen LogP contribution is -2.31. The number of ether oxygens (including phenoxy) is 1. The van der Waals surface area contributed by atoms with Crippen molar-refractivity contribution in [1.82, 2.24) is 25.5 Å². The molecule has 7 nitrogen and oxygen atoms in total. The minimum Gasteiger partial charge on any atom is -0.492 e. The Kier molecular flexibility index (Phi) is 6.38. The number of carbonyl (C=O) groups is 1. The Balaban J connectivity index is 1.44. The molecule has 0 aliphatic heterocycles. The summed E-state index contributed by atoms with van der Waals surface area (Å²) < 4.78 is 5.52. The van der Waals surface area contributed by atoms with E-state index in [1.54, 1.807) is 24.3 Å². The van der Waals surface area contributed by atoms with Crippen LogP contribution in [0.5, 0.6) is 5.75 Å². The van der Waals surface area contributed by atoms with E-state index in [9.17, 15) is 4.79 Å². The lowest BCUT2D eigenvalue weighted by atomic mass is 10.1. The largest absolute Gasteiger partial charge is 0.492 e. The molecule has 0 saturated heterocycles. The number of halogens is 1. The Bertz CT molecular complexity index is 878. The predicted octanol–water partition coefficient (Wildman–Crippen LogP) is 2.75. The maximum absolute atomic E-state index is 12.0. The van der Waals surface area contributed by atoms with Gasteiger partial charge in [0.1, 0.15) is 18.9 Å². The van der Waals surface area contributed by atoms with Crippen LogP contribution in [0.2, 0.25) is 5.02 Å². The highest BCUT2D eigenvalue weighted by molar-refractivity contribution is 6.30. The first kappa shape index (κ1) is 18.8. The molecule has 0 atom stereocenters. The zero-order chi connectivity index (χ0) is 19.1. The minimum atomic E-state index is -0.208. The summed E-state index contributed by atoms with van der Waals surface area (Å²) in [4.78, 5) is 13.3. The molecular weight excluding hydrogens is 366 g/mol. The fourth-order valence-electron chi connectivity index (χ4n) is 2.39. The molecule has 140 valence electrons. The van der Waals surface area contributed by atoms with Gasteiger partial charge in [-0.15, -0.1) is 10.2 Å². The summed E-state index contributed by atoms with van der Waals surface area (Å²) in [5, 5.41) is 15.6. The Labute approximate surface area is 162 Å². The van der Waals surface area contributed by atoms with Crippen molar-refractivity contribution < 1.29 is 9.53 Å². The third kappa shape index (κ3) is 5.52. The summed E-state index contributed by atoms with van der Waals surface area (Å²) in [6.07, 6.45) is 0.975. The number of nitrogens with zero attached hydrogens (tertiary/aromatic N) is 4. The third-order valence-electron chi connectivity index (χ3n) is 3.86. The van der Waals surface area contributed by atoms with Gasteiger partial charge in [0.05, 0.1) is 6.54 Å². The first-order valence-corrected chi connectivity index (χ1v) is 9.04. The molecule has 0 bridgehead atoms. The van der Waals surface area contributed by atoms with Gasteiger partial charge in [-0.2, -0.15) is 4.80 Å². The van der Waals surface area contributed by atoms with E-state index in [0.717, 1.165) is 12.0 Å². The average molecular weight is 386 g/mol. The zero-order valence-corrected chi connectivity index (χ0v) is 15.7. The Hall–Kier alpha value is -2.93. The summed E-state index contributed by atoms with van der Waals surface area (Å²) >= 11 is 5.81. The number of amides is 1. The van der Waals surface area contributed by atoms with Gasteiger partial charge in [0.25, 0.3) is 0 Å². The second-order valence-corrected chi connectivity index (χ2v) is 6.28. The smallest absolute Gasteiger partial charge is 0.243 e. The first-order chi connectivity index (χ1) is 13.1. The molecule has 1 N–H and O–H groups in total. The molecule has 27 heavy (non-hydrogen) atoms. The maximum Gasteiger partial charge on any atom is 0.243 e. The molecular formula is C19H20ClN5O2. The highest BCUT2D eigenvalue weighted by atomic mass is 35.5. The van der Waals surface area contributed by atoms with Crippen molar-refractivity contribution in [3.63, 3.8) is 0 Å². The summed E-state index contributed by atoms with van der Waals surface area (Å²) in [5.74, 6) is 0.988. The van der Waals surface area contributed by atoms with E-state index in [4.69, 9.17) is 16.3 Å². The normalized spacial score (nSPS) is 10.6. The molecule has 0 saturated carbocycles. The van der Waals surface area contributed by atoms with Gasteiger partial charge in [0.15, 0.2) is 0 Å². The summed E-state index contributed by atoms with van der Waals surface area (Å²) in [6.45, 7) is 2.83. The van der Waals surface area contributed by atoms with E-state index in [1.165, 1.54) is 10.4 Å². The number of carbonyl (C=O) groups excluding carboxylic acids is 1. The molecule has 0 spiro atoms. The maximum atomic E-state index is 12.0. The van der Waals surface area contributed by atoms with E-state index < -0.39 is 0 Å². The summed E-state index contributed by atoms with van der Waals surface area (Å²) in [7, 11) is 0. The van der Waals surface area contributed by atoms with Crippen molar-refractivity contribution in [1.29, 1.82) is 0 Å². The average Bonchev–Trinajstić information content (AvgIpc) is 3.15. The van der Waals surface area contributed by atoms with E-state index in [2.05, 4.69) is 27.7 Å². The minimum absolute atomic E-state index is 0.000981. The van der Waals surface area contributed by atoms with E-state index in [-0.39, 0.29) is 12.5 Å². The Morgan fingerprint density at radius 2 is 1.89 bits per heavy atom. The highest BCUT2D eigenvalue weighted by Crippen LogP contribution is 2.15. The van der Waals surface area contributed by atoms with Crippen molar-refractivity contribution in [2.45, 2.75) is 19.9 Å². The van der Waals surface area contributed by atoms with Crippen LogP contribution < -0.4 is 10.1 Å². The molecule has 1 aromatic heterocycles. The molecule has 3 rings (SSSR count). The SMILES string of the molecule is CCc1ccc(-c2nnn(CC(=O)NCCOc3ccc(Cl)cc3)n2)cc1. The van der Waals surface area contributed by atoms with Crippen LogP contribution in [-0.4, -0.2) is 39.3 Å². The fraction of sp³-hybridized carbons (Fsp3) is 0.263. The Morgan fingerprint density at radius 3 is 2.59 bits per heavy atom. The molecule has 8 heteroatoms. The standard InChI is InChI=1S/C19H20ClN5O2/c1-2-14-3-5-15(6-4-14)19-22-24-25(23-19)13-18(26)21-11-12-27-17-9-7-16(20)8-10-17/h3-10H,2,11-13H2,1H3,(H,21,26). The number of nitrogens with one attached hydrogen (secondary N) is 1. The van der Waals surface area contributed by atoms with Gasteiger partial charge in [0, 0.05) is 10.6 Å². The van der Waals surface area contributed by atoms with Crippen LogP contribution >= 0.6 is 11.6 Å². The predicted molar refractivity (Wildman–Crippen MR) is 103 cm³/mol. The summed E-state index contributed by atoms with van der Waals surface area (Å²) in [5.41, 5.74) is 2.11. The van der Waals surface area contributed by atoms with Crippen LogP contribution in [0.15, 0.2) is 48.5 Å². The monoisotopic (exact) mass is 385 g/mol. The van der Waals surface area contributed by atoms with Gasteiger partial charge in [0.2, 0.25) is 11.7 Å². The lowest BCUT2D eigenvalue weighted by molar-refractivity contribution is -0.122. The van der Waals surface area contributed by atoms with Crippen LogP contribution in [0.1, 0.15) is 12.5 Å². The van der Waals surface area contributed by atoms with Crippen LogP contribution in [0.25, 0.3) is 11.4 Å². The number of benzene rings is 2. The molecule has 1 heterocycles. The van der Waals surface area contributed by atoms with Crippen LogP contribution in [0.4, 0.5) is 0 Å². The van der Waals surface area contributed by atoms with Crippen LogP contribution in [0, 0.1) is 0 Å². The van der Waals surface area contributed by atoms with Gasteiger partial charge < -0.3 is 10.1 Å². The second-order valence-electron chi connectivity index (χ2n) is 5.85. The molecule has 0 fully saturated rings. The van der Waals surface area contributed by atoms with Crippen molar-refractivity contribution in [2.75, 3.05) is 13.2 Å². The second kappa shape index (κ2) is 9.14. The van der Waals surface area contributed by atoms with Crippen LogP contribution in [-0.2, 0) is 17.8 Å². The van der Waals surface area contributed by atoms with Crippen LogP contribution in [0.3, 0.4) is 0 Å². The molecule has 2 aromatic carbocycles. The van der Waals surface area contributed by atoms with E-state index >= 15 is 0 Å². The number of aryl methyl sites for hydroxylation is 1. The van der Waals surface area contributed by atoms with Gasteiger partial charge >= 0.3 is 0 Å². The van der Waals surface area contributed by atoms with Crippen molar-refractivity contribution in [2.24, 2.45) is 0 Å². The topological polar surface area (TPSA) is 81.9 Å². The molecule has 0 unspecified atom stereocenters. The number of hydrogen-bond donors (Lipinski definition) is 1. The third-order valence-corrected chi connectivity index (χ3v) is 4.12. The van der Waals surface area contributed by atoms with Crippen molar-refractivity contribution in [3.8, 4) is 17.1 Å². The molecule has 3 aromatic rings. The van der Waals surface area contributed by atoms with Gasteiger partial charge in [-0.3, -0.25) is 4.79 Å². The van der Waals surface area contributed by atoms with E-state index in [1.807, 2.05) is 24.3 Å². The molecule has 0 aliphatic carbocycles. The molecule has 0 radical (unpaired) electrons. The van der Waals surface area contributed by atoms with Gasteiger partial charge in [-0.05, 0) is 41.5 Å². The highest BCUT2D eigenvalue weighted by Gasteiger charge is 2.09. The fourth-order valence-corrected chi connectivity index (χ4v) is 2.52. The zero-order valence-electron chi connectivity index (χ0n) is 14.9. The Morgan fingerprint density at radius 1 is 1.15 bits per heavy atom. The quantitative estimate of drug-likeness (QED) is 0.603. The molecule has 0 aliphatic rings. The molecule has 1 amide bonds. The van der Waals surface area contributed by atoms with E-state index in [0.29, 0.717) is 29.7 Å². The van der Waals surface area contributed by atoms with Gasteiger partial charge in [-0.1, -0.05) is 42.8 Å². The van der Waals surface area contributed by atoms with Crippen molar-refractivity contribution >= 4 is 17.5 Å². The first-order valence-electron chi connectivity index (χ1n) is 8.66.